The third kappa shape index (κ3) is 1.55. The maximum atomic E-state index is 11.5. The van der Waals surface area contributed by atoms with Gasteiger partial charge in [-0.25, -0.2) is 0 Å². The van der Waals surface area contributed by atoms with Gasteiger partial charge in [0, 0.05) is 6.54 Å². The number of carbonyl (C=O) groups is 1. The van der Waals surface area contributed by atoms with Crippen molar-refractivity contribution in [1.82, 2.24) is 4.90 Å². The summed E-state index contributed by atoms with van der Waals surface area (Å²) in [5.74, 6) is 0.842. The summed E-state index contributed by atoms with van der Waals surface area (Å²) in [6, 6.07) is 7.31. The van der Waals surface area contributed by atoms with Gasteiger partial charge in [0.2, 0.25) is 5.91 Å². The molecular formula is C12H16N2O2. The fourth-order valence-electron chi connectivity index (χ4n) is 2.12. The molecular weight excluding hydrogens is 204 g/mol. The molecule has 1 aliphatic rings. The molecule has 0 bridgehead atoms. The number of likely N-dealkylation sites (N-methyl/N-ethyl adjacent to an activating group) is 1. The third-order valence-corrected chi connectivity index (χ3v) is 3.04. The van der Waals surface area contributed by atoms with E-state index in [1.807, 2.05) is 31.2 Å². The molecule has 1 aliphatic heterocycles. The summed E-state index contributed by atoms with van der Waals surface area (Å²) in [6.07, 6.45) is 0. The van der Waals surface area contributed by atoms with Crippen LogP contribution in [-0.2, 0) is 4.79 Å². The largest absolute Gasteiger partial charge is 0.497 e. The van der Waals surface area contributed by atoms with Crippen molar-refractivity contribution >= 4 is 5.91 Å². The number of ether oxygens (including phenoxy) is 1. The maximum absolute atomic E-state index is 11.5. The lowest BCUT2D eigenvalue weighted by Crippen LogP contribution is -2.62. The molecule has 1 amide bonds. The average Bonchev–Trinajstić information content (AvgIpc) is 2.34. The quantitative estimate of drug-likeness (QED) is 0.771. The van der Waals surface area contributed by atoms with E-state index in [0.29, 0.717) is 6.54 Å². The lowest BCUT2D eigenvalue weighted by molar-refractivity contribution is -0.149. The van der Waals surface area contributed by atoms with Crippen LogP contribution in [0.5, 0.6) is 5.75 Å². The topological polar surface area (TPSA) is 55.6 Å². The van der Waals surface area contributed by atoms with Crippen LogP contribution in [0.25, 0.3) is 0 Å². The van der Waals surface area contributed by atoms with Gasteiger partial charge in [-0.1, -0.05) is 12.1 Å². The van der Waals surface area contributed by atoms with Gasteiger partial charge in [-0.15, -0.1) is 0 Å². The van der Waals surface area contributed by atoms with Crippen LogP contribution in [-0.4, -0.2) is 30.5 Å². The van der Waals surface area contributed by atoms with Gasteiger partial charge in [-0.2, -0.15) is 0 Å². The Morgan fingerprint density at radius 2 is 2.00 bits per heavy atom. The van der Waals surface area contributed by atoms with Crippen molar-refractivity contribution in [3.8, 4) is 5.75 Å². The molecule has 1 saturated heterocycles. The molecule has 0 aliphatic carbocycles. The SMILES string of the molecule is CCN1C(=O)[C@H](N)[C@@H]1c1ccc(OC)cc1. The van der Waals surface area contributed by atoms with Gasteiger partial charge in [0.1, 0.15) is 11.8 Å². The molecule has 0 spiro atoms. The van der Waals surface area contributed by atoms with Gasteiger partial charge in [-0.05, 0) is 24.6 Å². The van der Waals surface area contributed by atoms with E-state index >= 15 is 0 Å². The van der Waals surface area contributed by atoms with Gasteiger partial charge >= 0.3 is 0 Å². The molecule has 1 fully saturated rings. The fourth-order valence-corrected chi connectivity index (χ4v) is 2.12. The Labute approximate surface area is 95.0 Å². The Kier molecular flexibility index (Phi) is 2.83. The zero-order valence-corrected chi connectivity index (χ0v) is 9.51. The van der Waals surface area contributed by atoms with E-state index in [1.54, 1.807) is 12.0 Å². The minimum absolute atomic E-state index is 0.0170. The lowest BCUT2D eigenvalue weighted by Gasteiger charge is -2.45. The highest BCUT2D eigenvalue weighted by molar-refractivity contribution is 5.89. The van der Waals surface area contributed by atoms with Crippen molar-refractivity contribution in [3.63, 3.8) is 0 Å². The number of benzene rings is 1. The molecule has 2 rings (SSSR count). The summed E-state index contributed by atoms with van der Waals surface area (Å²) in [7, 11) is 1.63. The summed E-state index contributed by atoms with van der Waals surface area (Å²) in [6.45, 7) is 2.66. The standard InChI is InChI=1S/C12H16N2O2/c1-3-14-11(10(13)12(14)15)8-4-6-9(16-2)7-5-8/h4-7,10-11H,3,13H2,1-2H3/t10-,11+/m1/s1. The molecule has 4 nitrogen and oxygen atoms in total. The van der Waals surface area contributed by atoms with Gasteiger partial charge in [0.05, 0.1) is 13.2 Å². The highest BCUT2D eigenvalue weighted by Crippen LogP contribution is 2.33. The average molecular weight is 220 g/mol. The van der Waals surface area contributed by atoms with Crippen molar-refractivity contribution < 1.29 is 9.53 Å². The maximum Gasteiger partial charge on any atom is 0.242 e. The molecule has 0 saturated carbocycles. The monoisotopic (exact) mass is 220 g/mol. The van der Waals surface area contributed by atoms with Crippen LogP contribution in [0.1, 0.15) is 18.5 Å². The Balaban J connectivity index is 2.20. The van der Waals surface area contributed by atoms with Crippen LogP contribution >= 0.6 is 0 Å². The van der Waals surface area contributed by atoms with Crippen molar-refractivity contribution in [2.75, 3.05) is 13.7 Å². The first-order valence-electron chi connectivity index (χ1n) is 5.39. The summed E-state index contributed by atoms with van der Waals surface area (Å²) < 4.78 is 5.09. The number of rotatable bonds is 3. The van der Waals surface area contributed by atoms with Gasteiger partial charge in [-0.3, -0.25) is 4.79 Å². The van der Waals surface area contributed by atoms with Crippen molar-refractivity contribution in [2.45, 2.75) is 19.0 Å². The highest BCUT2D eigenvalue weighted by atomic mass is 16.5. The number of amides is 1. The van der Waals surface area contributed by atoms with Crippen LogP contribution in [0.3, 0.4) is 0 Å². The molecule has 0 unspecified atom stereocenters. The third-order valence-electron chi connectivity index (χ3n) is 3.04. The number of methoxy groups -OCH3 is 1. The molecule has 16 heavy (non-hydrogen) atoms. The molecule has 0 radical (unpaired) electrons. The van der Waals surface area contributed by atoms with Crippen molar-refractivity contribution in [3.05, 3.63) is 29.8 Å². The first-order valence-corrected chi connectivity index (χ1v) is 5.39. The van der Waals surface area contributed by atoms with Crippen LogP contribution in [0.15, 0.2) is 24.3 Å². The van der Waals surface area contributed by atoms with Crippen LogP contribution in [0.4, 0.5) is 0 Å². The van der Waals surface area contributed by atoms with E-state index < -0.39 is 6.04 Å². The highest BCUT2D eigenvalue weighted by Gasteiger charge is 2.44. The molecule has 2 N–H and O–H groups in total. The molecule has 1 aromatic rings. The first kappa shape index (κ1) is 11.0. The van der Waals surface area contributed by atoms with Crippen molar-refractivity contribution in [2.24, 2.45) is 5.73 Å². The predicted molar refractivity (Wildman–Crippen MR) is 61.1 cm³/mol. The number of carbonyl (C=O) groups excluding carboxylic acids is 1. The van der Waals surface area contributed by atoms with Gasteiger partial charge < -0.3 is 15.4 Å². The molecule has 1 aromatic carbocycles. The zero-order chi connectivity index (χ0) is 11.7. The summed E-state index contributed by atoms with van der Waals surface area (Å²) in [5, 5.41) is 0. The van der Waals surface area contributed by atoms with E-state index in [2.05, 4.69) is 0 Å². The normalized spacial score (nSPS) is 24.2. The Morgan fingerprint density at radius 1 is 1.38 bits per heavy atom. The van der Waals surface area contributed by atoms with E-state index in [0.717, 1.165) is 11.3 Å². The molecule has 0 aromatic heterocycles. The van der Waals surface area contributed by atoms with E-state index in [1.165, 1.54) is 0 Å². The van der Waals surface area contributed by atoms with Gasteiger partial charge in [0.15, 0.2) is 0 Å². The second kappa shape index (κ2) is 4.14. The van der Waals surface area contributed by atoms with Crippen LogP contribution in [0, 0.1) is 0 Å². The Morgan fingerprint density at radius 3 is 2.50 bits per heavy atom. The minimum Gasteiger partial charge on any atom is -0.497 e. The minimum atomic E-state index is -0.395. The molecule has 4 heteroatoms. The fraction of sp³-hybridized carbons (Fsp3) is 0.417. The smallest absolute Gasteiger partial charge is 0.242 e. The first-order chi connectivity index (χ1) is 7.69. The Bertz CT molecular complexity index is 389. The molecule has 2 atom stereocenters. The number of hydrogen-bond donors (Lipinski definition) is 1. The summed E-state index contributed by atoms with van der Waals surface area (Å²) in [5.41, 5.74) is 6.88. The van der Waals surface area contributed by atoms with Crippen molar-refractivity contribution in [1.29, 1.82) is 0 Å². The molecule has 86 valence electrons. The number of nitrogens with two attached hydrogens (primary N) is 1. The number of likely N-dealkylation sites (tertiary alicyclic amines) is 1. The second-order valence-corrected chi connectivity index (χ2v) is 3.87. The van der Waals surface area contributed by atoms with E-state index in [9.17, 15) is 4.79 Å². The van der Waals surface area contributed by atoms with Crippen LogP contribution in [0.2, 0.25) is 0 Å². The lowest BCUT2D eigenvalue weighted by atomic mass is 9.89. The Hall–Kier alpha value is -1.55. The number of nitrogens with zero attached hydrogens (tertiary/aromatic N) is 1. The van der Waals surface area contributed by atoms with Crippen LogP contribution < -0.4 is 10.5 Å². The van der Waals surface area contributed by atoms with Gasteiger partial charge in [0.25, 0.3) is 0 Å². The number of β-lactam (4-membered cyclic amide) rings is 1. The zero-order valence-electron chi connectivity index (χ0n) is 9.51. The van der Waals surface area contributed by atoms with E-state index in [-0.39, 0.29) is 11.9 Å². The molecule has 1 heterocycles. The summed E-state index contributed by atoms with van der Waals surface area (Å²) >= 11 is 0. The van der Waals surface area contributed by atoms with E-state index in [4.69, 9.17) is 10.5 Å². The second-order valence-electron chi connectivity index (χ2n) is 3.87. The summed E-state index contributed by atoms with van der Waals surface area (Å²) in [4.78, 5) is 13.3. The number of hydrogen-bond acceptors (Lipinski definition) is 3. The predicted octanol–water partition coefficient (Wildman–Crippen LogP) is 0.926.